The molecule has 1 aromatic rings. The van der Waals surface area contributed by atoms with E-state index in [0.717, 1.165) is 0 Å². The van der Waals surface area contributed by atoms with Gasteiger partial charge in [-0.05, 0) is 23.1 Å². The zero-order valence-corrected chi connectivity index (χ0v) is 9.92. The van der Waals surface area contributed by atoms with E-state index in [4.69, 9.17) is 5.26 Å². The first-order valence-corrected chi connectivity index (χ1v) is 5.29. The fourth-order valence-electron chi connectivity index (χ4n) is 2.13. The van der Waals surface area contributed by atoms with Crippen LogP contribution in [0.1, 0.15) is 52.6 Å². The van der Waals surface area contributed by atoms with Crippen molar-refractivity contribution >= 4 is 11.8 Å². The van der Waals surface area contributed by atoms with Gasteiger partial charge < -0.3 is 0 Å². The Morgan fingerprint density at radius 2 is 1.82 bits per heavy atom. The molecule has 1 aliphatic rings. The number of rotatable bonds is 0. The number of imide groups is 1. The topological polar surface area (TPSA) is 70.0 Å². The second kappa shape index (κ2) is 3.42. The highest BCUT2D eigenvalue weighted by Gasteiger charge is 2.34. The molecule has 1 heterocycles. The lowest BCUT2D eigenvalue weighted by molar-refractivity contribution is 0.0879. The maximum Gasteiger partial charge on any atom is 0.259 e. The summed E-state index contributed by atoms with van der Waals surface area (Å²) in [6.45, 7) is 5.75. The van der Waals surface area contributed by atoms with E-state index in [9.17, 15) is 9.59 Å². The van der Waals surface area contributed by atoms with Crippen LogP contribution in [0.2, 0.25) is 0 Å². The van der Waals surface area contributed by atoms with Crippen molar-refractivity contribution in [2.75, 3.05) is 0 Å². The van der Waals surface area contributed by atoms with Crippen LogP contribution in [0.15, 0.2) is 12.1 Å². The molecule has 4 nitrogen and oxygen atoms in total. The Hall–Kier alpha value is -2.15. The molecule has 2 rings (SSSR count). The Kier molecular flexibility index (Phi) is 2.28. The predicted octanol–water partition coefficient (Wildman–Crippen LogP) is 1.74. The van der Waals surface area contributed by atoms with Gasteiger partial charge in [0.05, 0.1) is 22.8 Å². The minimum atomic E-state index is -0.410. The van der Waals surface area contributed by atoms with Gasteiger partial charge >= 0.3 is 0 Å². The average Bonchev–Trinajstić information content (AvgIpc) is 2.52. The summed E-state index contributed by atoms with van der Waals surface area (Å²) >= 11 is 0. The molecule has 2 amide bonds. The van der Waals surface area contributed by atoms with E-state index in [1.54, 1.807) is 6.07 Å². The molecule has 0 fully saturated rings. The summed E-state index contributed by atoms with van der Waals surface area (Å²) < 4.78 is 0. The van der Waals surface area contributed by atoms with Crippen LogP contribution < -0.4 is 5.32 Å². The lowest BCUT2D eigenvalue weighted by Gasteiger charge is -2.22. The van der Waals surface area contributed by atoms with Gasteiger partial charge in [0.2, 0.25) is 0 Å². The molecule has 0 saturated carbocycles. The van der Waals surface area contributed by atoms with Gasteiger partial charge in [0, 0.05) is 0 Å². The van der Waals surface area contributed by atoms with E-state index < -0.39 is 5.91 Å². The predicted molar refractivity (Wildman–Crippen MR) is 61.7 cm³/mol. The number of fused-ring (bicyclic) bond motifs is 1. The number of carbonyl (C=O) groups excluding carboxylic acids is 2. The van der Waals surface area contributed by atoms with Crippen molar-refractivity contribution < 1.29 is 9.59 Å². The first kappa shape index (κ1) is 11.3. The fraction of sp³-hybridized carbons (Fsp3) is 0.308. The number of carbonyl (C=O) groups is 2. The summed E-state index contributed by atoms with van der Waals surface area (Å²) in [6, 6.07) is 5.20. The molecule has 17 heavy (non-hydrogen) atoms. The summed E-state index contributed by atoms with van der Waals surface area (Å²) in [4.78, 5) is 23.3. The van der Waals surface area contributed by atoms with Crippen LogP contribution in [0, 0.1) is 11.3 Å². The van der Waals surface area contributed by atoms with E-state index in [-0.39, 0.29) is 11.3 Å². The van der Waals surface area contributed by atoms with Crippen LogP contribution in [-0.4, -0.2) is 11.8 Å². The van der Waals surface area contributed by atoms with Gasteiger partial charge in [0.1, 0.15) is 0 Å². The number of hydrogen-bond donors (Lipinski definition) is 1. The number of nitrogens with one attached hydrogen (secondary N) is 1. The third-order valence-electron chi connectivity index (χ3n) is 2.77. The summed E-state index contributed by atoms with van der Waals surface area (Å²) in [5, 5.41) is 11.4. The molecule has 1 N–H and O–H groups in total. The van der Waals surface area contributed by atoms with Crippen LogP contribution in [0.4, 0.5) is 0 Å². The Morgan fingerprint density at radius 1 is 1.18 bits per heavy atom. The normalized spacial score (nSPS) is 14.2. The van der Waals surface area contributed by atoms with Crippen LogP contribution in [0.25, 0.3) is 0 Å². The monoisotopic (exact) mass is 228 g/mol. The van der Waals surface area contributed by atoms with Gasteiger partial charge in [0.25, 0.3) is 11.8 Å². The number of benzene rings is 1. The van der Waals surface area contributed by atoms with E-state index in [1.165, 1.54) is 6.07 Å². The first-order valence-electron chi connectivity index (χ1n) is 5.29. The van der Waals surface area contributed by atoms with E-state index in [1.807, 2.05) is 20.8 Å². The molecule has 86 valence electrons. The number of amides is 2. The highest BCUT2D eigenvalue weighted by atomic mass is 16.2. The van der Waals surface area contributed by atoms with Crippen LogP contribution >= 0.6 is 0 Å². The smallest absolute Gasteiger partial charge is 0.259 e. The lowest BCUT2D eigenvalue weighted by atomic mass is 9.79. The molecule has 0 saturated heterocycles. The summed E-state index contributed by atoms with van der Waals surface area (Å²) in [5.41, 5.74) is 1.43. The maximum atomic E-state index is 11.8. The van der Waals surface area contributed by atoms with Gasteiger partial charge in [-0.3, -0.25) is 14.9 Å². The number of nitriles is 1. The van der Waals surface area contributed by atoms with Gasteiger partial charge in [-0.15, -0.1) is 0 Å². The molecule has 0 bridgehead atoms. The van der Waals surface area contributed by atoms with Crippen molar-refractivity contribution in [3.63, 3.8) is 0 Å². The second-order valence-corrected chi connectivity index (χ2v) is 5.06. The zero-order chi connectivity index (χ0) is 12.8. The van der Waals surface area contributed by atoms with E-state index >= 15 is 0 Å². The summed E-state index contributed by atoms with van der Waals surface area (Å²) in [6.07, 6.45) is 0. The van der Waals surface area contributed by atoms with Gasteiger partial charge in [0.15, 0.2) is 0 Å². The van der Waals surface area contributed by atoms with Crippen molar-refractivity contribution in [1.82, 2.24) is 5.32 Å². The van der Waals surface area contributed by atoms with Crippen LogP contribution in [0.5, 0.6) is 0 Å². The van der Waals surface area contributed by atoms with Gasteiger partial charge in [-0.1, -0.05) is 20.8 Å². The third-order valence-corrected chi connectivity index (χ3v) is 2.77. The van der Waals surface area contributed by atoms with E-state index in [0.29, 0.717) is 22.3 Å². The molecular formula is C13H12N2O2. The Balaban J connectivity index is 2.86. The van der Waals surface area contributed by atoms with Crippen LogP contribution in [-0.2, 0) is 5.41 Å². The van der Waals surface area contributed by atoms with Crippen LogP contribution in [0.3, 0.4) is 0 Å². The SMILES string of the molecule is CC(C)(C)c1c(C#N)ccc2c1C(=O)NC2=O. The fourth-order valence-corrected chi connectivity index (χ4v) is 2.13. The van der Waals surface area contributed by atoms with Crippen molar-refractivity contribution in [1.29, 1.82) is 5.26 Å². The molecule has 0 spiro atoms. The molecule has 1 aliphatic heterocycles. The molecule has 4 heteroatoms. The first-order chi connectivity index (χ1) is 7.86. The average molecular weight is 228 g/mol. The molecule has 0 aromatic heterocycles. The summed E-state index contributed by atoms with van der Waals surface area (Å²) in [5.74, 6) is -0.799. The Morgan fingerprint density at radius 3 is 2.35 bits per heavy atom. The van der Waals surface area contributed by atoms with Crippen molar-refractivity contribution in [3.05, 3.63) is 34.4 Å². The van der Waals surface area contributed by atoms with Crippen molar-refractivity contribution in [2.24, 2.45) is 0 Å². The standard InChI is InChI=1S/C13H12N2O2/c1-13(2,3)10-7(6-14)4-5-8-9(10)12(17)15-11(8)16/h4-5H,1-3H3,(H,15,16,17). The molecule has 1 aromatic carbocycles. The quantitative estimate of drug-likeness (QED) is 0.687. The molecule has 0 atom stereocenters. The second-order valence-electron chi connectivity index (χ2n) is 5.06. The lowest BCUT2D eigenvalue weighted by Crippen LogP contribution is -2.22. The maximum absolute atomic E-state index is 11.8. The Bertz CT molecular complexity index is 574. The van der Waals surface area contributed by atoms with Gasteiger partial charge in [-0.2, -0.15) is 5.26 Å². The van der Waals surface area contributed by atoms with Crippen molar-refractivity contribution in [3.8, 4) is 6.07 Å². The number of hydrogen-bond acceptors (Lipinski definition) is 3. The molecule has 0 unspecified atom stereocenters. The molecule has 0 aliphatic carbocycles. The zero-order valence-electron chi connectivity index (χ0n) is 9.92. The molecule has 0 radical (unpaired) electrons. The Labute approximate surface area is 99.2 Å². The number of nitrogens with zero attached hydrogens (tertiary/aromatic N) is 1. The molecular weight excluding hydrogens is 216 g/mol. The van der Waals surface area contributed by atoms with Gasteiger partial charge in [-0.25, -0.2) is 0 Å². The third kappa shape index (κ3) is 1.60. The summed E-state index contributed by atoms with van der Waals surface area (Å²) in [7, 11) is 0. The minimum absolute atomic E-state index is 0.349. The van der Waals surface area contributed by atoms with E-state index in [2.05, 4.69) is 11.4 Å². The van der Waals surface area contributed by atoms with Crippen molar-refractivity contribution in [2.45, 2.75) is 26.2 Å². The highest BCUT2D eigenvalue weighted by molar-refractivity contribution is 6.22. The largest absolute Gasteiger partial charge is 0.288 e. The highest BCUT2D eigenvalue weighted by Crippen LogP contribution is 2.33. The minimum Gasteiger partial charge on any atom is -0.288 e.